The van der Waals surface area contributed by atoms with Crippen molar-refractivity contribution in [2.24, 2.45) is 5.73 Å². The number of halogens is 1. The van der Waals surface area contributed by atoms with E-state index < -0.39 is 30.2 Å². The Morgan fingerprint density at radius 1 is 1.42 bits per heavy atom. The predicted molar refractivity (Wildman–Crippen MR) is 68.9 cm³/mol. The molecule has 102 valence electrons. The van der Waals surface area contributed by atoms with E-state index >= 15 is 0 Å². The summed E-state index contributed by atoms with van der Waals surface area (Å²) in [5.74, 6) is -2.72. The van der Waals surface area contributed by atoms with Crippen molar-refractivity contribution in [1.29, 1.82) is 0 Å². The summed E-state index contributed by atoms with van der Waals surface area (Å²) in [6.07, 6.45) is -0.465. The summed E-state index contributed by atoms with van der Waals surface area (Å²) in [6, 6.07) is 3.24. The monoisotopic (exact) mass is 284 g/mol. The Morgan fingerprint density at radius 2 is 2.05 bits per heavy atom. The van der Waals surface area contributed by atoms with Gasteiger partial charge in [-0.15, -0.1) is 0 Å². The highest BCUT2D eigenvalue weighted by molar-refractivity contribution is 6.30. The molecular formula is C12H13ClN2O4. The molecule has 0 aliphatic rings. The fourth-order valence-electron chi connectivity index (χ4n) is 1.52. The summed E-state index contributed by atoms with van der Waals surface area (Å²) in [7, 11) is 0. The highest BCUT2D eigenvalue weighted by Gasteiger charge is 2.23. The van der Waals surface area contributed by atoms with Crippen molar-refractivity contribution in [1.82, 2.24) is 5.32 Å². The maximum atomic E-state index is 11.9. The van der Waals surface area contributed by atoms with E-state index in [9.17, 15) is 14.4 Å². The summed E-state index contributed by atoms with van der Waals surface area (Å²) in [5, 5.41) is 11.6. The topological polar surface area (TPSA) is 109 Å². The van der Waals surface area contributed by atoms with Crippen molar-refractivity contribution >= 4 is 29.4 Å². The van der Waals surface area contributed by atoms with Crippen LogP contribution >= 0.6 is 11.6 Å². The van der Waals surface area contributed by atoms with Gasteiger partial charge in [-0.05, 0) is 30.7 Å². The first-order valence-corrected chi connectivity index (χ1v) is 5.77. The summed E-state index contributed by atoms with van der Waals surface area (Å²) in [5.41, 5.74) is 5.82. The van der Waals surface area contributed by atoms with E-state index in [1.165, 1.54) is 12.1 Å². The number of carboxylic acid groups (broad SMARTS) is 1. The number of amides is 2. The average Bonchev–Trinajstić information content (AvgIpc) is 2.26. The number of carbonyl (C=O) groups is 3. The number of aryl methyl sites for hydroxylation is 1. The van der Waals surface area contributed by atoms with E-state index in [1.54, 1.807) is 13.0 Å². The molecule has 1 atom stereocenters. The second-order valence-corrected chi connectivity index (χ2v) is 4.43. The number of primary amides is 1. The molecule has 0 spiro atoms. The first-order chi connectivity index (χ1) is 8.81. The number of hydrogen-bond acceptors (Lipinski definition) is 3. The fourth-order valence-corrected chi connectivity index (χ4v) is 1.75. The summed E-state index contributed by atoms with van der Waals surface area (Å²) in [6.45, 7) is 1.67. The van der Waals surface area contributed by atoms with Crippen LogP contribution in [0.15, 0.2) is 18.2 Å². The number of benzene rings is 1. The molecule has 2 amide bonds. The molecule has 1 rings (SSSR count). The zero-order valence-corrected chi connectivity index (χ0v) is 10.9. The van der Waals surface area contributed by atoms with Gasteiger partial charge in [-0.2, -0.15) is 0 Å². The van der Waals surface area contributed by atoms with Crippen LogP contribution in [0.4, 0.5) is 0 Å². The van der Waals surface area contributed by atoms with Crippen molar-refractivity contribution in [2.75, 3.05) is 0 Å². The Hall–Kier alpha value is -2.08. The van der Waals surface area contributed by atoms with Gasteiger partial charge in [0.15, 0.2) is 0 Å². The van der Waals surface area contributed by atoms with Crippen LogP contribution in [0.25, 0.3) is 0 Å². The van der Waals surface area contributed by atoms with E-state index in [1.807, 2.05) is 0 Å². The van der Waals surface area contributed by atoms with Crippen LogP contribution in [-0.2, 0) is 9.59 Å². The lowest BCUT2D eigenvalue weighted by Gasteiger charge is -2.14. The Balaban J connectivity index is 2.87. The first kappa shape index (κ1) is 15.0. The molecule has 0 unspecified atom stereocenters. The molecule has 0 heterocycles. The van der Waals surface area contributed by atoms with Gasteiger partial charge < -0.3 is 16.2 Å². The number of carboxylic acids is 1. The summed E-state index contributed by atoms with van der Waals surface area (Å²) in [4.78, 5) is 33.5. The van der Waals surface area contributed by atoms with Crippen LogP contribution < -0.4 is 11.1 Å². The molecule has 0 saturated carbocycles. The van der Waals surface area contributed by atoms with Gasteiger partial charge in [0.25, 0.3) is 5.91 Å². The number of aliphatic carboxylic acids is 1. The van der Waals surface area contributed by atoms with Gasteiger partial charge in [0.2, 0.25) is 5.91 Å². The zero-order valence-electron chi connectivity index (χ0n) is 10.1. The first-order valence-electron chi connectivity index (χ1n) is 5.39. The average molecular weight is 285 g/mol. The number of nitrogens with one attached hydrogen (secondary N) is 1. The van der Waals surface area contributed by atoms with Gasteiger partial charge in [-0.3, -0.25) is 9.59 Å². The van der Waals surface area contributed by atoms with Crippen LogP contribution in [0.1, 0.15) is 22.3 Å². The highest BCUT2D eigenvalue weighted by Crippen LogP contribution is 2.15. The van der Waals surface area contributed by atoms with Crippen LogP contribution in [0, 0.1) is 6.92 Å². The third kappa shape index (κ3) is 4.26. The quantitative estimate of drug-likeness (QED) is 0.739. The summed E-state index contributed by atoms with van der Waals surface area (Å²) >= 11 is 5.76. The van der Waals surface area contributed by atoms with Crippen LogP contribution in [-0.4, -0.2) is 28.9 Å². The summed E-state index contributed by atoms with van der Waals surface area (Å²) < 4.78 is 0. The Morgan fingerprint density at radius 3 is 2.53 bits per heavy atom. The minimum atomic E-state index is -1.35. The van der Waals surface area contributed by atoms with E-state index in [4.69, 9.17) is 22.4 Å². The molecule has 4 N–H and O–H groups in total. The molecule has 0 aromatic heterocycles. The molecule has 0 aliphatic carbocycles. The van der Waals surface area contributed by atoms with Crippen molar-refractivity contribution in [3.8, 4) is 0 Å². The molecule has 0 saturated heterocycles. The van der Waals surface area contributed by atoms with Crippen molar-refractivity contribution in [3.05, 3.63) is 34.3 Å². The molecule has 1 aromatic carbocycles. The molecule has 1 aromatic rings. The van der Waals surface area contributed by atoms with Gasteiger partial charge in [0.1, 0.15) is 6.04 Å². The van der Waals surface area contributed by atoms with Crippen LogP contribution in [0.2, 0.25) is 5.02 Å². The zero-order chi connectivity index (χ0) is 14.6. The normalized spacial score (nSPS) is 11.7. The number of carbonyl (C=O) groups excluding carboxylic acids is 2. The van der Waals surface area contributed by atoms with E-state index in [0.717, 1.165) is 0 Å². The molecular weight excluding hydrogens is 272 g/mol. The predicted octanol–water partition coefficient (Wildman–Crippen LogP) is 0.707. The third-order valence-electron chi connectivity index (χ3n) is 2.44. The largest absolute Gasteiger partial charge is 0.480 e. The second-order valence-electron chi connectivity index (χ2n) is 3.99. The standard InChI is InChI=1S/C12H13ClN2O4/c1-6-4-7(13)2-3-8(6)11(17)15-9(12(18)19)5-10(14)16/h2-4,9H,5H2,1H3,(H2,14,16)(H,15,17)(H,18,19)/t9-/m1/s1. The molecule has 0 bridgehead atoms. The van der Waals surface area contributed by atoms with Gasteiger partial charge in [-0.25, -0.2) is 4.79 Å². The Labute approximate surface area is 114 Å². The molecule has 19 heavy (non-hydrogen) atoms. The van der Waals surface area contributed by atoms with Gasteiger partial charge >= 0.3 is 5.97 Å². The number of rotatable bonds is 5. The fraction of sp³-hybridized carbons (Fsp3) is 0.250. The van der Waals surface area contributed by atoms with Crippen molar-refractivity contribution in [3.63, 3.8) is 0 Å². The van der Waals surface area contributed by atoms with Crippen molar-refractivity contribution in [2.45, 2.75) is 19.4 Å². The molecule has 6 nitrogen and oxygen atoms in total. The SMILES string of the molecule is Cc1cc(Cl)ccc1C(=O)N[C@H](CC(N)=O)C(=O)O. The number of nitrogens with two attached hydrogens (primary N) is 1. The van der Waals surface area contributed by atoms with Crippen LogP contribution in [0.3, 0.4) is 0 Å². The highest BCUT2D eigenvalue weighted by atomic mass is 35.5. The van der Waals surface area contributed by atoms with Crippen molar-refractivity contribution < 1.29 is 19.5 Å². The molecule has 0 fully saturated rings. The maximum absolute atomic E-state index is 11.9. The smallest absolute Gasteiger partial charge is 0.326 e. The molecule has 0 aliphatic heterocycles. The van der Waals surface area contributed by atoms with Gasteiger partial charge in [-0.1, -0.05) is 11.6 Å². The lowest BCUT2D eigenvalue weighted by atomic mass is 10.1. The Kier molecular flexibility index (Phi) is 4.88. The van der Waals surface area contributed by atoms with E-state index in [2.05, 4.69) is 5.32 Å². The molecule has 0 radical (unpaired) electrons. The lowest BCUT2D eigenvalue weighted by Crippen LogP contribution is -2.43. The number of hydrogen-bond donors (Lipinski definition) is 3. The minimum Gasteiger partial charge on any atom is -0.480 e. The lowest BCUT2D eigenvalue weighted by molar-refractivity contribution is -0.140. The van der Waals surface area contributed by atoms with Gasteiger partial charge in [0, 0.05) is 10.6 Å². The van der Waals surface area contributed by atoms with Gasteiger partial charge in [0.05, 0.1) is 6.42 Å². The Bertz CT molecular complexity index is 530. The second kappa shape index (κ2) is 6.19. The maximum Gasteiger partial charge on any atom is 0.326 e. The third-order valence-corrected chi connectivity index (χ3v) is 2.68. The van der Waals surface area contributed by atoms with E-state index in [0.29, 0.717) is 16.1 Å². The van der Waals surface area contributed by atoms with Crippen LogP contribution in [0.5, 0.6) is 0 Å². The van der Waals surface area contributed by atoms with E-state index in [-0.39, 0.29) is 0 Å². The minimum absolute atomic E-state index is 0.292. The molecule has 7 heteroatoms.